The van der Waals surface area contributed by atoms with E-state index in [4.69, 9.17) is 5.26 Å². The van der Waals surface area contributed by atoms with Crippen LogP contribution in [0.2, 0.25) is 0 Å². The number of hydrogen-bond donors (Lipinski definition) is 3. The normalized spacial score (nSPS) is 17.4. The number of phenols is 1. The van der Waals surface area contributed by atoms with E-state index in [1.807, 2.05) is 24.3 Å². The summed E-state index contributed by atoms with van der Waals surface area (Å²) in [5.74, 6) is -0.833. The highest BCUT2D eigenvalue weighted by molar-refractivity contribution is 5.79. The van der Waals surface area contributed by atoms with Gasteiger partial charge >= 0.3 is 6.09 Å². The molecular formula is C32H34FN9O4. The van der Waals surface area contributed by atoms with E-state index >= 15 is 4.39 Å². The molecule has 0 bridgehead atoms. The van der Waals surface area contributed by atoms with E-state index in [2.05, 4.69) is 25.3 Å². The van der Waals surface area contributed by atoms with Gasteiger partial charge in [-0.05, 0) is 55.2 Å². The van der Waals surface area contributed by atoms with Crippen LogP contribution in [0.3, 0.4) is 0 Å². The molecule has 1 atom stereocenters. The van der Waals surface area contributed by atoms with Crippen molar-refractivity contribution in [2.75, 3.05) is 44.6 Å². The molecule has 46 heavy (non-hydrogen) atoms. The summed E-state index contributed by atoms with van der Waals surface area (Å²) in [6, 6.07) is 12.0. The Morgan fingerprint density at radius 2 is 1.91 bits per heavy atom. The second-order valence-corrected chi connectivity index (χ2v) is 11.6. The van der Waals surface area contributed by atoms with E-state index in [0.29, 0.717) is 76.2 Å². The van der Waals surface area contributed by atoms with Crippen molar-refractivity contribution < 1.29 is 24.2 Å². The van der Waals surface area contributed by atoms with Crippen LogP contribution >= 0.6 is 0 Å². The number of piperidine rings is 1. The molecule has 2 amide bonds. The van der Waals surface area contributed by atoms with E-state index in [9.17, 15) is 19.8 Å². The summed E-state index contributed by atoms with van der Waals surface area (Å²) in [7, 11) is 0. The second kappa shape index (κ2) is 13.4. The first-order valence-electron chi connectivity index (χ1n) is 15.2. The number of amides is 2. The van der Waals surface area contributed by atoms with Gasteiger partial charge < -0.3 is 25.3 Å². The first-order chi connectivity index (χ1) is 22.3. The monoisotopic (exact) mass is 627 g/mol. The Hall–Kier alpha value is -5.29. The highest BCUT2D eigenvalue weighted by atomic mass is 19.1. The smallest absolute Gasteiger partial charge is 0.407 e. The van der Waals surface area contributed by atoms with Crippen LogP contribution in [0.5, 0.6) is 5.75 Å². The minimum atomic E-state index is -0.943. The lowest BCUT2D eigenvalue weighted by Gasteiger charge is -2.33. The summed E-state index contributed by atoms with van der Waals surface area (Å²) < 4.78 is 18.1. The summed E-state index contributed by atoms with van der Waals surface area (Å²) >= 11 is 0. The fourth-order valence-corrected chi connectivity index (χ4v) is 6.14. The summed E-state index contributed by atoms with van der Waals surface area (Å²) in [4.78, 5) is 38.2. The predicted molar refractivity (Wildman–Crippen MR) is 166 cm³/mol. The highest BCUT2D eigenvalue weighted by Gasteiger charge is 2.27. The summed E-state index contributed by atoms with van der Waals surface area (Å²) in [5.41, 5.74) is 2.38. The van der Waals surface area contributed by atoms with Crippen molar-refractivity contribution >= 4 is 23.3 Å². The van der Waals surface area contributed by atoms with Crippen LogP contribution in [0, 0.1) is 17.1 Å². The molecule has 6 rings (SSSR count). The third-order valence-corrected chi connectivity index (χ3v) is 8.38. The number of likely N-dealkylation sites (tertiary alicyclic amines) is 1. The first-order valence-corrected chi connectivity index (χ1v) is 15.2. The van der Waals surface area contributed by atoms with Gasteiger partial charge in [0, 0.05) is 63.6 Å². The topological polar surface area (TPSA) is 163 Å². The van der Waals surface area contributed by atoms with Crippen LogP contribution in [0.4, 0.5) is 15.0 Å². The Morgan fingerprint density at radius 1 is 1.07 bits per heavy atom. The van der Waals surface area contributed by atoms with Gasteiger partial charge in [0.05, 0.1) is 23.3 Å². The van der Waals surface area contributed by atoms with Gasteiger partial charge in [0.2, 0.25) is 5.91 Å². The predicted octanol–water partition coefficient (Wildman–Crippen LogP) is 3.81. The molecule has 4 aromatic rings. The quantitative estimate of drug-likeness (QED) is 0.275. The van der Waals surface area contributed by atoms with E-state index in [1.165, 1.54) is 11.0 Å². The van der Waals surface area contributed by atoms with Gasteiger partial charge in [-0.2, -0.15) is 10.4 Å². The van der Waals surface area contributed by atoms with Gasteiger partial charge in [-0.3, -0.25) is 9.69 Å². The van der Waals surface area contributed by atoms with Crippen molar-refractivity contribution in [3.05, 3.63) is 60.2 Å². The van der Waals surface area contributed by atoms with Crippen LogP contribution < -0.4 is 5.32 Å². The molecule has 1 aromatic carbocycles. The van der Waals surface area contributed by atoms with Crippen molar-refractivity contribution in [3.8, 4) is 34.5 Å². The molecule has 14 heteroatoms. The second-order valence-electron chi connectivity index (χ2n) is 11.6. The number of pyridine rings is 1. The number of carbonyl (C=O) groups excluding carboxylic acids is 1. The highest BCUT2D eigenvalue weighted by Crippen LogP contribution is 2.33. The third kappa shape index (κ3) is 6.69. The van der Waals surface area contributed by atoms with Crippen molar-refractivity contribution in [2.45, 2.75) is 38.3 Å². The third-order valence-electron chi connectivity index (χ3n) is 8.38. The Morgan fingerprint density at radius 3 is 2.74 bits per heavy atom. The van der Waals surface area contributed by atoms with Gasteiger partial charge in [-0.25, -0.2) is 23.7 Å². The van der Waals surface area contributed by atoms with Crippen LogP contribution in [-0.4, -0.2) is 102 Å². The Kier molecular flexibility index (Phi) is 8.93. The van der Waals surface area contributed by atoms with E-state index < -0.39 is 11.9 Å². The van der Waals surface area contributed by atoms with Crippen molar-refractivity contribution in [1.82, 2.24) is 34.3 Å². The van der Waals surface area contributed by atoms with E-state index in [0.717, 1.165) is 11.1 Å². The molecule has 2 saturated heterocycles. The minimum absolute atomic E-state index is 0.0129. The number of rotatable bonds is 7. The molecule has 2 fully saturated rings. The molecule has 3 N–H and O–H groups in total. The van der Waals surface area contributed by atoms with Gasteiger partial charge in [-0.15, -0.1) is 0 Å². The zero-order valence-corrected chi connectivity index (χ0v) is 25.1. The lowest BCUT2D eigenvalue weighted by atomic mass is 10.0. The van der Waals surface area contributed by atoms with E-state index in [1.54, 1.807) is 33.9 Å². The van der Waals surface area contributed by atoms with Gasteiger partial charge in [0.25, 0.3) is 0 Å². The standard InChI is InChI=1S/C32H34FN9O4/c33-28-29(22-15-21(16-24(43)17-22)19-39-9-4-11-40(14-13-39)32(45)46)37-30(25-18-35-42-12-2-1-6-26(25)42)38-31(28)36-23-5-3-10-41(20-23)27(44)7-8-34/h1-2,6,12,15-18,23,43H,3-5,7,9-11,13-14,19-20H2,(H,45,46)(H,36,37,38)/t23-/m1/s1. The molecule has 13 nitrogen and oxygen atoms in total. The Labute approximate surface area is 264 Å². The fraction of sp³-hybridized carbons (Fsp3) is 0.375. The number of hydrogen-bond acceptors (Lipinski definition) is 9. The van der Waals surface area contributed by atoms with E-state index in [-0.39, 0.29) is 41.5 Å². The van der Waals surface area contributed by atoms with Crippen LogP contribution in [0.15, 0.2) is 48.8 Å². The van der Waals surface area contributed by atoms with Crippen molar-refractivity contribution in [2.24, 2.45) is 0 Å². The molecule has 2 aliphatic rings. The lowest BCUT2D eigenvalue weighted by molar-refractivity contribution is -0.131. The van der Waals surface area contributed by atoms with Crippen LogP contribution in [0.25, 0.3) is 28.2 Å². The molecule has 238 valence electrons. The lowest BCUT2D eigenvalue weighted by Crippen LogP contribution is -2.45. The largest absolute Gasteiger partial charge is 0.508 e. The van der Waals surface area contributed by atoms with Gasteiger partial charge in [0.15, 0.2) is 17.5 Å². The SMILES string of the molecule is N#CCC(=O)N1CCC[C@@H](Nc2nc(-c3cnn4ccccc34)nc(-c3cc(O)cc(CN4CCCN(C(=O)O)CC4)c3)c2F)C1. The first kappa shape index (κ1) is 30.7. The number of nitrogens with zero attached hydrogens (tertiary/aromatic N) is 8. The average molecular weight is 628 g/mol. The minimum Gasteiger partial charge on any atom is -0.508 e. The number of benzene rings is 1. The number of nitriles is 1. The number of carboxylic acid groups (broad SMARTS) is 1. The Bertz CT molecular complexity index is 1810. The van der Waals surface area contributed by atoms with Crippen LogP contribution in [0.1, 0.15) is 31.2 Å². The number of phenolic OH excluding ortho intramolecular Hbond substituents is 1. The number of aromatic hydroxyl groups is 1. The van der Waals surface area contributed by atoms with Crippen LogP contribution in [-0.2, 0) is 11.3 Å². The number of halogens is 1. The summed E-state index contributed by atoms with van der Waals surface area (Å²) in [5, 5.41) is 36.7. The average Bonchev–Trinajstić information content (AvgIpc) is 3.33. The fourth-order valence-electron chi connectivity index (χ4n) is 6.14. The Balaban J connectivity index is 1.36. The molecule has 2 aliphatic heterocycles. The maximum atomic E-state index is 16.4. The molecule has 0 radical (unpaired) electrons. The maximum Gasteiger partial charge on any atom is 0.407 e. The molecule has 0 aliphatic carbocycles. The number of aromatic nitrogens is 4. The molecule has 0 spiro atoms. The number of nitrogens with one attached hydrogen (secondary N) is 1. The summed E-state index contributed by atoms with van der Waals surface area (Å²) in [6.45, 7) is 3.30. The molecule has 3 aromatic heterocycles. The maximum absolute atomic E-state index is 16.4. The number of anilines is 1. The molecule has 0 unspecified atom stereocenters. The number of fused-ring (bicyclic) bond motifs is 1. The zero-order chi connectivity index (χ0) is 32.2. The van der Waals surface area contributed by atoms with Crippen molar-refractivity contribution in [1.29, 1.82) is 5.26 Å². The summed E-state index contributed by atoms with van der Waals surface area (Å²) in [6.07, 6.45) is 4.29. The van der Waals surface area contributed by atoms with Gasteiger partial charge in [-0.1, -0.05) is 6.07 Å². The van der Waals surface area contributed by atoms with Crippen molar-refractivity contribution in [3.63, 3.8) is 0 Å². The van der Waals surface area contributed by atoms with Gasteiger partial charge in [0.1, 0.15) is 17.9 Å². The molecule has 5 heterocycles. The molecule has 0 saturated carbocycles. The zero-order valence-electron chi connectivity index (χ0n) is 25.1. The molecular weight excluding hydrogens is 593 g/mol. The number of carbonyl (C=O) groups is 2.